The van der Waals surface area contributed by atoms with Gasteiger partial charge in [-0.1, -0.05) is 0 Å². The van der Waals surface area contributed by atoms with Crippen LogP contribution < -0.4 is 0 Å². The molecular formula is C10H10FNO4. The predicted octanol–water partition coefficient (Wildman–Crippen LogP) is 0.918. The zero-order valence-corrected chi connectivity index (χ0v) is 8.35. The molecule has 1 aromatic rings. The van der Waals surface area contributed by atoms with Gasteiger partial charge < -0.3 is 14.4 Å². The first kappa shape index (κ1) is 10.7. The molecule has 2 rings (SSSR count). The van der Waals surface area contributed by atoms with Crippen LogP contribution in [0.4, 0.5) is 4.39 Å². The summed E-state index contributed by atoms with van der Waals surface area (Å²) in [5.74, 6) is -1.93. The van der Waals surface area contributed by atoms with Gasteiger partial charge in [-0.2, -0.15) is 0 Å². The normalized spacial score (nSPS) is 24.7. The fourth-order valence-corrected chi connectivity index (χ4v) is 1.69. The van der Waals surface area contributed by atoms with Crippen LogP contribution in [-0.2, 0) is 4.79 Å². The lowest BCUT2D eigenvalue weighted by atomic mass is 10.1. The largest absolute Gasteiger partial charge is 0.479 e. The van der Waals surface area contributed by atoms with Crippen molar-refractivity contribution in [3.05, 3.63) is 24.2 Å². The van der Waals surface area contributed by atoms with Gasteiger partial charge in [-0.3, -0.25) is 4.79 Å². The summed E-state index contributed by atoms with van der Waals surface area (Å²) < 4.78 is 18.4. The van der Waals surface area contributed by atoms with Gasteiger partial charge in [-0.15, -0.1) is 0 Å². The second-order valence-electron chi connectivity index (χ2n) is 3.76. The second-order valence-corrected chi connectivity index (χ2v) is 3.76. The lowest BCUT2D eigenvalue weighted by Crippen LogP contribution is -2.38. The van der Waals surface area contributed by atoms with E-state index in [9.17, 15) is 14.0 Å². The van der Waals surface area contributed by atoms with E-state index in [0.29, 0.717) is 5.56 Å². The number of amides is 1. The van der Waals surface area contributed by atoms with Crippen molar-refractivity contribution >= 4 is 11.9 Å². The molecule has 0 radical (unpaired) electrons. The third kappa shape index (κ3) is 1.66. The van der Waals surface area contributed by atoms with E-state index in [2.05, 4.69) is 0 Å². The Labute approximate surface area is 90.5 Å². The van der Waals surface area contributed by atoms with E-state index in [0.717, 1.165) is 0 Å². The van der Waals surface area contributed by atoms with Gasteiger partial charge in [0.2, 0.25) is 5.67 Å². The van der Waals surface area contributed by atoms with Gasteiger partial charge in [0.25, 0.3) is 5.91 Å². The summed E-state index contributed by atoms with van der Waals surface area (Å²) in [6, 6.07) is 1.46. The number of furan rings is 1. The summed E-state index contributed by atoms with van der Waals surface area (Å²) in [5.41, 5.74) is -2.02. The highest BCUT2D eigenvalue weighted by atomic mass is 19.1. The molecular weight excluding hydrogens is 217 g/mol. The maximum absolute atomic E-state index is 13.7. The molecule has 16 heavy (non-hydrogen) atoms. The Morgan fingerprint density at radius 2 is 2.31 bits per heavy atom. The van der Waals surface area contributed by atoms with E-state index in [1.807, 2.05) is 0 Å². The summed E-state index contributed by atoms with van der Waals surface area (Å²) in [7, 11) is 0. The molecule has 1 N–H and O–H groups in total. The number of hydrogen-bond acceptors (Lipinski definition) is 3. The first-order chi connectivity index (χ1) is 7.53. The van der Waals surface area contributed by atoms with E-state index >= 15 is 0 Å². The number of rotatable bonds is 2. The number of hydrogen-bond donors (Lipinski definition) is 1. The monoisotopic (exact) mass is 227 g/mol. The SMILES string of the molecule is O=C(c1ccoc1)N1CCC(F)(C(=O)O)C1. The minimum atomic E-state index is -2.32. The number of aliphatic carboxylic acids is 1. The molecule has 0 aliphatic carbocycles. The molecule has 0 spiro atoms. The number of nitrogens with zero attached hydrogens (tertiary/aromatic N) is 1. The second kappa shape index (κ2) is 3.62. The van der Waals surface area contributed by atoms with Crippen LogP contribution in [0.2, 0.25) is 0 Å². The van der Waals surface area contributed by atoms with Crippen LogP contribution in [0.25, 0.3) is 0 Å². The number of likely N-dealkylation sites (tertiary alicyclic amines) is 1. The number of halogens is 1. The molecule has 2 heterocycles. The number of carbonyl (C=O) groups is 2. The summed E-state index contributed by atoms with van der Waals surface area (Å²) >= 11 is 0. The summed E-state index contributed by atoms with van der Waals surface area (Å²) in [6.45, 7) is -0.306. The summed E-state index contributed by atoms with van der Waals surface area (Å²) in [6.07, 6.45) is 2.41. The molecule has 5 nitrogen and oxygen atoms in total. The zero-order valence-electron chi connectivity index (χ0n) is 8.35. The lowest BCUT2D eigenvalue weighted by molar-refractivity contribution is -0.149. The van der Waals surface area contributed by atoms with Crippen LogP contribution in [0.1, 0.15) is 16.8 Å². The van der Waals surface area contributed by atoms with E-state index in [1.165, 1.54) is 23.5 Å². The molecule has 1 aliphatic rings. The van der Waals surface area contributed by atoms with Gasteiger partial charge >= 0.3 is 5.97 Å². The fourth-order valence-electron chi connectivity index (χ4n) is 1.69. The Balaban J connectivity index is 2.10. The van der Waals surface area contributed by atoms with Crippen LogP contribution in [0.5, 0.6) is 0 Å². The van der Waals surface area contributed by atoms with Gasteiger partial charge in [0.05, 0.1) is 18.4 Å². The minimum Gasteiger partial charge on any atom is -0.479 e. The molecule has 1 aromatic heterocycles. The Bertz CT molecular complexity index is 416. The molecule has 86 valence electrons. The number of carboxylic acids is 1. The standard InChI is InChI=1S/C10H10FNO4/c11-10(9(14)15)2-3-12(6-10)8(13)7-1-4-16-5-7/h1,4-5H,2-3,6H2,(H,14,15). The first-order valence-corrected chi connectivity index (χ1v) is 4.77. The Morgan fingerprint density at radius 3 is 2.81 bits per heavy atom. The molecule has 1 fully saturated rings. The highest BCUT2D eigenvalue weighted by molar-refractivity contribution is 5.94. The minimum absolute atomic E-state index is 0.104. The smallest absolute Gasteiger partial charge is 0.343 e. The maximum atomic E-state index is 13.7. The summed E-state index contributed by atoms with van der Waals surface area (Å²) in [5, 5.41) is 8.67. The third-order valence-electron chi connectivity index (χ3n) is 2.66. The van der Waals surface area contributed by atoms with Gasteiger partial charge in [0, 0.05) is 13.0 Å². The van der Waals surface area contributed by atoms with E-state index < -0.39 is 24.1 Å². The number of alkyl halides is 1. The van der Waals surface area contributed by atoms with Crippen molar-refractivity contribution in [2.24, 2.45) is 0 Å². The van der Waals surface area contributed by atoms with Crippen LogP contribution >= 0.6 is 0 Å². The molecule has 1 atom stereocenters. The highest BCUT2D eigenvalue weighted by Gasteiger charge is 2.47. The number of carboxylic acid groups (broad SMARTS) is 1. The Morgan fingerprint density at radius 1 is 1.56 bits per heavy atom. The molecule has 1 aliphatic heterocycles. The molecule has 1 unspecified atom stereocenters. The van der Waals surface area contributed by atoms with E-state index in [-0.39, 0.29) is 13.0 Å². The van der Waals surface area contributed by atoms with Crippen LogP contribution in [0.3, 0.4) is 0 Å². The van der Waals surface area contributed by atoms with Crippen molar-refractivity contribution in [2.75, 3.05) is 13.1 Å². The van der Waals surface area contributed by atoms with Crippen molar-refractivity contribution in [2.45, 2.75) is 12.1 Å². The van der Waals surface area contributed by atoms with Crippen molar-refractivity contribution in [1.82, 2.24) is 4.90 Å². The van der Waals surface area contributed by atoms with E-state index in [4.69, 9.17) is 9.52 Å². The molecule has 1 amide bonds. The Hall–Kier alpha value is -1.85. The molecule has 0 aromatic carbocycles. The maximum Gasteiger partial charge on any atom is 0.343 e. The molecule has 6 heteroatoms. The lowest BCUT2D eigenvalue weighted by Gasteiger charge is -2.16. The molecule has 1 saturated heterocycles. The van der Waals surface area contributed by atoms with Crippen LogP contribution in [0.15, 0.2) is 23.0 Å². The van der Waals surface area contributed by atoms with Crippen molar-refractivity contribution in [3.8, 4) is 0 Å². The molecule has 0 saturated carbocycles. The van der Waals surface area contributed by atoms with Gasteiger partial charge in [0.15, 0.2) is 0 Å². The van der Waals surface area contributed by atoms with Gasteiger partial charge in [0.1, 0.15) is 6.26 Å². The van der Waals surface area contributed by atoms with Crippen LogP contribution in [-0.4, -0.2) is 40.6 Å². The quantitative estimate of drug-likeness (QED) is 0.815. The topological polar surface area (TPSA) is 70.8 Å². The van der Waals surface area contributed by atoms with Crippen molar-refractivity contribution in [1.29, 1.82) is 0 Å². The van der Waals surface area contributed by atoms with Gasteiger partial charge in [-0.05, 0) is 6.07 Å². The van der Waals surface area contributed by atoms with Gasteiger partial charge in [-0.25, -0.2) is 9.18 Å². The summed E-state index contributed by atoms with van der Waals surface area (Å²) in [4.78, 5) is 23.6. The molecule has 0 bridgehead atoms. The zero-order chi connectivity index (χ0) is 11.8. The number of carbonyl (C=O) groups excluding carboxylic acids is 1. The van der Waals surface area contributed by atoms with E-state index in [1.54, 1.807) is 0 Å². The Kier molecular flexibility index (Phi) is 2.41. The first-order valence-electron chi connectivity index (χ1n) is 4.77. The van der Waals surface area contributed by atoms with Crippen molar-refractivity contribution < 1.29 is 23.5 Å². The fraction of sp³-hybridized carbons (Fsp3) is 0.400. The predicted molar refractivity (Wildman–Crippen MR) is 50.7 cm³/mol. The average molecular weight is 227 g/mol. The third-order valence-corrected chi connectivity index (χ3v) is 2.66. The average Bonchev–Trinajstić information content (AvgIpc) is 2.85. The highest BCUT2D eigenvalue weighted by Crippen LogP contribution is 2.27. The van der Waals surface area contributed by atoms with Crippen molar-refractivity contribution in [3.63, 3.8) is 0 Å². The van der Waals surface area contributed by atoms with Crippen LogP contribution in [0, 0.1) is 0 Å².